The molecule has 2 aromatic rings. The van der Waals surface area contributed by atoms with Crippen LogP contribution in [0.25, 0.3) is 0 Å². The van der Waals surface area contributed by atoms with Crippen LogP contribution in [-0.4, -0.2) is 31.5 Å². The van der Waals surface area contributed by atoms with E-state index in [1.54, 1.807) is 0 Å². The zero-order valence-electron chi connectivity index (χ0n) is 15.1. The predicted molar refractivity (Wildman–Crippen MR) is 104 cm³/mol. The number of nitrogens with two attached hydrogens (primary N) is 1. The van der Waals surface area contributed by atoms with Crippen LogP contribution in [0.3, 0.4) is 0 Å². The molecule has 0 spiro atoms. The zero-order chi connectivity index (χ0) is 17.5. The molecule has 0 aliphatic heterocycles. The smallest absolute Gasteiger partial charge is 0.193 e. The van der Waals surface area contributed by atoms with E-state index in [1.807, 2.05) is 24.3 Å². The monoisotopic (exact) mass is 324 g/mol. The Morgan fingerprint density at radius 3 is 2.25 bits per heavy atom. The van der Waals surface area contributed by atoms with Gasteiger partial charge in [-0.3, -0.25) is 4.99 Å². The number of aryl methyl sites for hydroxylation is 2. The van der Waals surface area contributed by atoms with Crippen molar-refractivity contribution in [1.82, 2.24) is 4.90 Å². The van der Waals surface area contributed by atoms with Gasteiger partial charge in [0.2, 0.25) is 0 Å². The molecule has 0 saturated carbocycles. The molecular weight excluding hydrogens is 296 g/mol. The molecule has 0 aliphatic carbocycles. The van der Waals surface area contributed by atoms with Gasteiger partial charge in [-0.1, -0.05) is 48.9 Å². The molecule has 128 valence electrons. The summed E-state index contributed by atoms with van der Waals surface area (Å²) in [5.41, 5.74) is 10.8. The van der Waals surface area contributed by atoms with Crippen LogP contribution in [0, 0.1) is 6.92 Å². The summed E-state index contributed by atoms with van der Waals surface area (Å²) in [6.45, 7) is 4.84. The van der Waals surface area contributed by atoms with E-state index >= 15 is 0 Å². The van der Waals surface area contributed by atoms with Crippen LogP contribution in [0.1, 0.15) is 29.7 Å². The third-order valence-electron chi connectivity index (χ3n) is 4.15. The fourth-order valence-electron chi connectivity index (χ4n) is 2.55. The maximum Gasteiger partial charge on any atom is 0.193 e. The van der Waals surface area contributed by atoms with Crippen LogP contribution in [0.2, 0.25) is 0 Å². The Balaban J connectivity index is 2.05. The molecule has 2 aromatic carbocycles. The van der Waals surface area contributed by atoms with Crippen molar-refractivity contribution in [2.75, 3.05) is 26.0 Å². The Morgan fingerprint density at radius 1 is 1.08 bits per heavy atom. The summed E-state index contributed by atoms with van der Waals surface area (Å²) in [6, 6.07) is 17.0. The Morgan fingerprint density at radius 2 is 1.71 bits per heavy atom. The van der Waals surface area contributed by atoms with Crippen molar-refractivity contribution in [2.24, 2.45) is 10.7 Å². The van der Waals surface area contributed by atoms with E-state index in [0.717, 1.165) is 12.1 Å². The second-order valence-electron chi connectivity index (χ2n) is 6.29. The van der Waals surface area contributed by atoms with E-state index in [-0.39, 0.29) is 6.04 Å². The summed E-state index contributed by atoms with van der Waals surface area (Å²) in [5.74, 6) is 0.441. The number of rotatable bonds is 6. The lowest BCUT2D eigenvalue weighted by atomic mass is 10.0. The molecule has 3 N–H and O–H groups in total. The van der Waals surface area contributed by atoms with Crippen molar-refractivity contribution >= 4 is 11.6 Å². The van der Waals surface area contributed by atoms with Crippen LogP contribution >= 0.6 is 0 Å². The molecule has 4 nitrogen and oxygen atoms in total. The van der Waals surface area contributed by atoms with Gasteiger partial charge in [-0.25, -0.2) is 0 Å². The highest BCUT2D eigenvalue weighted by molar-refractivity contribution is 5.92. The summed E-state index contributed by atoms with van der Waals surface area (Å²) in [7, 11) is 4.13. The van der Waals surface area contributed by atoms with E-state index in [9.17, 15) is 0 Å². The van der Waals surface area contributed by atoms with Gasteiger partial charge in [0, 0.05) is 5.69 Å². The first kappa shape index (κ1) is 18.0. The molecule has 0 heterocycles. The second kappa shape index (κ2) is 8.50. The van der Waals surface area contributed by atoms with E-state index in [1.165, 1.54) is 16.7 Å². The highest BCUT2D eigenvalue weighted by Crippen LogP contribution is 2.19. The Labute approximate surface area is 145 Å². The van der Waals surface area contributed by atoms with Crippen molar-refractivity contribution in [3.63, 3.8) is 0 Å². The summed E-state index contributed by atoms with van der Waals surface area (Å²) >= 11 is 0. The summed E-state index contributed by atoms with van der Waals surface area (Å²) in [6.07, 6.45) is 1.05. The second-order valence-corrected chi connectivity index (χ2v) is 6.29. The lowest BCUT2D eigenvalue weighted by molar-refractivity contribution is 0.306. The molecule has 0 aromatic heterocycles. The summed E-state index contributed by atoms with van der Waals surface area (Å²) in [4.78, 5) is 6.69. The number of aliphatic imine (C=N–C) groups is 1. The van der Waals surface area contributed by atoms with Gasteiger partial charge in [-0.15, -0.1) is 0 Å². The summed E-state index contributed by atoms with van der Waals surface area (Å²) < 4.78 is 0. The van der Waals surface area contributed by atoms with E-state index in [0.29, 0.717) is 12.5 Å². The third kappa shape index (κ3) is 5.10. The molecule has 0 aliphatic rings. The predicted octanol–water partition coefficient (Wildman–Crippen LogP) is 3.59. The summed E-state index contributed by atoms with van der Waals surface area (Å²) in [5, 5.41) is 3.14. The standard InChI is InChI=1S/C20H28N4/c1-5-16-8-10-17(11-9-16)19(24(3)4)14-22-20(21)23-18-12-6-15(2)7-13-18/h6-13,19H,5,14H2,1-4H3,(H3,21,22,23). The van der Waals surface area contributed by atoms with Crippen molar-refractivity contribution in [3.8, 4) is 0 Å². The minimum Gasteiger partial charge on any atom is -0.370 e. The van der Waals surface area contributed by atoms with Crippen LogP contribution < -0.4 is 11.1 Å². The molecular formula is C20H28N4. The molecule has 0 bridgehead atoms. The van der Waals surface area contributed by atoms with Crippen molar-refractivity contribution in [2.45, 2.75) is 26.3 Å². The van der Waals surface area contributed by atoms with Crippen LogP contribution in [0.4, 0.5) is 5.69 Å². The maximum atomic E-state index is 6.04. The average Bonchev–Trinajstić information content (AvgIpc) is 2.57. The molecule has 0 saturated heterocycles. The molecule has 0 fully saturated rings. The molecule has 0 amide bonds. The average molecular weight is 324 g/mol. The van der Waals surface area contributed by atoms with E-state index in [4.69, 9.17) is 5.73 Å². The SMILES string of the molecule is CCc1ccc(C(CN=C(N)Nc2ccc(C)cc2)N(C)C)cc1. The number of anilines is 1. The van der Waals surface area contributed by atoms with Crippen LogP contribution in [0.15, 0.2) is 53.5 Å². The number of nitrogens with zero attached hydrogens (tertiary/aromatic N) is 2. The van der Waals surface area contributed by atoms with Crippen molar-refractivity contribution in [3.05, 3.63) is 65.2 Å². The first-order chi connectivity index (χ1) is 11.5. The van der Waals surface area contributed by atoms with E-state index < -0.39 is 0 Å². The largest absolute Gasteiger partial charge is 0.370 e. The topological polar surface area (TPSA) is 53.6 Å². The number of nitrogens with one attached hydrogen (secondary N) is 1. The Kier molecular flexibility index (Phi) is 6.38. The van der Waals surface area contributed by atoms with Gasteiger partial charge >= 0.3 is 0 Å². The van der Waals surface area contributed by atoms with Gasteiger partial charge in [0.15, 0.2) is 5.96 Å². The van der Waals surface area contributed by atoms with Crippen LogP contribution in [0.5, 0.6) is 0 Å². The Hall–Kier alpha value is -2.33. The number of hydrogen-bond acceptors (Lipinski definition) is 2. The van der Waals surface area contributed by atoms with Gasteiger partial charge in [-0.2, -0.15) is 0 Å². The van der Waals surface area contributed by atoms with Gasteiger partial charge in [0.05, 0.1) is 12.6 Å². The first-order valence-electron chi connectivity index (χ1n) is 8.38. The quantitative estimate of drug-likeness (QED) is 0.631. The fraction of sp³-hybridized carbons (Fsp3) is 0.350. The van der Waals surface area contributed by atoms with Gasteiger partial charge < -0.3 is 16.0 Å². The molecule has 2 rings (SSSR count). The van der Waals surface area contributed by atoms with E-state index in [2.05, 4.69) is 67.4 Å². The third-order valence-corrected chi connectivity index (χ3v) is 4.15. The minimum absolute atomic E-state index is 0.203. The normalized spacial score (nSPS) is 13.1. The fourth-order valence-corrected chi connectivity index (χ4v) is 2.55. The Bertz CT molecular complexity index is 657. The van der Waals surface area contributed by atoms with Crippen molar-refractivity contribution < 1.29 is 0 Å². The first-order valence-corrected chi connectivity index (χ1v) is 8.38. The minimum atomic E-state index is 0.203. The van der Waals surface area contributed by atoms with Crippen LogP contribution in [-0.2, 0) is 6.42 Å². The lowest BCUT2D eigenvalue weighted by Gasteiger charge is -2.23. The maximum absolute atomic E-state index is 6.04. The zero-order valence-corrected chi connectivity index (χ0v) is 15.1. The highest BCUT2D eigenvalue weighted by Gasteiger charge is 2.13. The molecule has 24 heavy (non-hydrogen) atoms. The lowest BCUT2D eigenvalue weighted by Crippen LogP contribution is -2.27. The highest BCUT2D eigenvalue weighted by atomic mass is 15.1. The number of likely N-dealkylation sites (N-methyl/N-ethyl adjacent to an activating group) is 1. The number of benzene rings is 2. The molecule has 4 heteroatoms. The molecule has 1 atom stereocenters. The van der Waals surface area contributed by atoms with Gasteiger partial charge in [0.25, 0.3) is 0 Å². The van der Waals surface area contributed by atoms with Gasteiger partial charge in [0.1, 0.15) is 0 Å². The molecule has 0 radical (unpaired) electrons. The van der Waals surface area contributed by atoms with Crippen molar-refractivity contribution in [1.29, 1.82) is 0 Å². The number of hydrogen-bond donors (Lipinski definition) is 2. The molecule has 1 unspecified atom stereocenters. The van der Waals surface area contributed by atoms with Gasteiger partial charge in [-0.05, 0) is 50.7 Å². The number of guanidine groups is 1.